The van der Waals surface area contributed by atoms with Crippen molar-refractivity contribution in [2.75, 3.05) is 13.2 Å². The Morgan fingerprint density at radius 1 is 0.508 bits per heavy atom. The van der Waals surface area contributed by atoms with Crippen molar-refractivity contribution in [1.82, 2.24) is 0 Å². The lowest BCUT2D eigenvalue weighted by atomic mass is 9.85. The molecule has 0 radical (unpaired) electrons. The highest BCUT2D eigenvalue weighted by Crippen LogP contribution is 2.47. The van der Waals surface area contributed by atoms with Crippen molar-refractivity contribution >= 4 is 19.8 Å². The second kappa shape index (κ2) is 37.4. The summed E-state index contributed by atoms with van der Waals surface area (Å²) < 4.78 is 33.5. The van der Waals surface area contributed by atoms with Crippen LogP contribution in [0.25, 0.3) is 0 Å². The number of phosphoric ester groups is 1. The third kappa shape index (κ3) is 30.0. The fourth-order valence-electron chi connectivity index (χ4n) is 7.08. The van der Waals surface area contributed by atoms with Gasteiger partial charge in [-0.2, -0.15) is 0 Å². The summed E-state index contributed by atoms with van der Waals surface area (Å²) >= 11 is 0. The van der Waals surface area contributed by atoms with Crippen LogP contribution in [0.2, 0.25) is 0 Å². The average molecular weight is 889 g/mol. The Labute approximate surface area is 368 Å². The van der Waals surface area contributed by atoms with Gasteiger partial charge < -0.3 is 39.9 Å². The highest BCUT2D eigenvalue weighted by atomic mass is 31.2. The topological polar surface area (TPSA) is 210 Å². The first kappa shape index (κ1) is 57.1. The lowest BCUT2D eigenvalue weighted by molar-refractivity contribution is -0.220. The highest BCUT2D eigenvalue weighted by Gasteiger charge is 2.51. The minimum Gasteiger partial charge on any atom is -0.462 e. The van der Waals surface area contributed by atoms with Crippen molar-refractivity contribution in [1.29, 1.82) is 0 Å². The van der Waals surface area contributed by atoms with Crippen LogP contribution in [-0.4, -0.2) is 98.3 Å². The number of phosphoric acid groups is 1. The number of esters is 2. The first-order valence-corrected chi connectivity index (χ1v) is 25.3. The average Bonchev–Trinajstić information content (AvgIpc) is 3.24. The van der Waals surface area contributed by atoms with Crippen molar-refractivity contribution < 1.29 is 63.1 Å². The summed E-state index contributed by atoms with van der Waals surface area (Å²) in [4.78, 5) is 35.7. The Morgan fingerprint density at radius 3 is 1.38 bits per heavy atom. The van der Waals surface area contributed by atoms with Gasteiger partial charge >= 0.3 is 19.8 Å². The monoisotopic (exact) mass is 889 g/mol. The van der Waals surface area contributed by atoms with Gasteiger partial charge in [0.2, 0.25) is 0 Å². The normalized spacial score (nSPS) is 22.3. The fraction of sp³-hybridized carbons (Fsp3) is 0.830. The molecule has 1 rings (SSSR count). The maximum Gasteiger partial charge on any atom is 0.472 e. The Morgan fingerprint density at radius 2 is 0.885 bits per heavy atom. The summed E-state index contributed by atoms with van der Waals surface area (Å²) in [5.74, 6) is -1.11. The van der Waals surface area contributed by atoms with E-state index in [1.807, 2.05) is 0 Å². The van der Waals surface area contributed by atoms with Gasteiger partial charge in [-0.1, -0.05) is 147 Å². The third-order valence-electron chi connectivity index (χ3n) is 11.0. The van der Waals surface area contributed by atoms with E-state index in [2.05, 4.69) is 50.3 Å². The molecule has 0 aromatic carbocycles. The number of carbonyl (C=O) groups excluding carboxylic acids is 2. The zero-order chi connectivity index (χ0) is 45.0. The van der Waals surface area contributed by atoms with Gasteiger partial charge in [0.25, 0.3) is 0 Å². The molecular weight excluding hydrogens is 803 g/mol. The van der Waals surface area contributed by atoms with Crippen molar-refractivity contribution in [3.63, 3.8) is 0 Å². The first-order valence-electron chi connectivity index (χ1n) is 23.8. The molecular formula is C47H85O13P. The molecule has 1 saturated carbocycles. The van der Waals surface area contributed by atoms with Crippen LogP contribution >= 0.6 is 7.82 Å². The number of rotatable bonds is 39. The van der Waals surface area contributed by atoms with E-state index in [0.717, 1.165) is 77.0 Å². The molecule has 0 saturated heterocycles. The van der Waals surface area contributed by atoms with Gasteiger partial charge in [0, 0.05) is 12.8 Å². The van der Waals surface area contributed by atoms with Crippen LogP contribution in [0, 0.1) is 0 Å². The van der Waals surface area contributed by atoms with Crippen LogP contribution in [0.4, 0.5) is 0 Å². The number of hydrogen-bond acceptors (Lipinski definition) is 12. The fourth-order valence-corrected chi connectivity index (χ4v) is 8.05. The van der Waals surface area contributed by atoms with Crippen molar-refractivity contribution in [3.8, 4) is 0 Å². The molecule has 1 aliphatic carbocycles. The summed E-state index contributed by atoms with van der Waals surface area (Å²) in [6.07, 6.45) is 29.1. The molecule has 1 aliphatic rings. The van der Waals surface area contributed by atoms with E-state index < -0.39 is 75.7 Å². The first-order chi connectivity index (χ1) is 29.4. The number of aliphatic hydroxyl groups is 5. The summed E-state index contributed by atoms with van der Waals surface area (Å²) in [5.41, 5.74) is 0. The van der Waals surface area contributed by atoms with Crippen LogP contribution in [0.5, 0.6) is 0 Å². The molecule has 356 valence electrons. The standard InChI is InChI=1S/C47H85O13P/c1-3-5-7-9-11-13-15-17-18-19-20-21-22-24-26-28-30-32-34-36-41(49)59-39(38-58-61(55,56)60-47-45(53)43(51)42(50)44(52)46(47)54)37-57-40(48)35-33-31-29-27-25-23-16-14-12-10-8-6-4-2/h11,13-14,16-18,39,42-47,50-54H,3-10,12,15,19-38H2,1-2H3,(H,55,56)/b13-11-,16-14-,18-17-. The summed E-state index contributed by atoms with van der Waals surface area (Å²) in [5, 5.41) is 50.2. The molecule has 6 unspecified atom stereocenters. The van der Waals surface area contributed by atoms with Crippen molar-refractivity contribution in [2.45, 2.75) is 236 Å². The van der Waals surface area contributed by atoms with Gasteiger partial charge in [-0.3, -0.25) is 18.6 Å². The van der Waals surface area contributed by atoms with E-state index in [1.165, 1.54) is 77.0 Å². The molecule has 0 bridgehead atoms. The van der Waals surface area contributed by atoms with Crippen LogP contribution in [-0.2, 0) is 32.7 Å². The molecule has 0 aliphatic heterocycles. The van der Waals surface area contributed by atoms with E-state index in [9.17, 15) is 44.6 Å². The number of hydrogen-bond donors (Lipinski definition) is 6. The number of ether oxygens (including phenoxy) is 2. The number of aliphatic hydroxyl groups excluding tert-OH is 5. The predicted octanol–water partition coefficient (Wildman–Crippen LogP) is 9.39. The van der Waals surface area contributed by atoms with Crippen LogP contribution in [0.3, 0.4) is 0 Å². The third-order valence-corrected chi connectivity index (χ3v) is 11.9. The molecule has 0 amide bonds. The summed E-state index contributed by atoms with van der Waals surface area (Å²) in [7, 11) is -5.12. The molecule has 61 heavy (non-hydrogen) atoms. The maximum absolute atomic E-state index is 12.8. The number of unbranched alkanes of at least 4 members (excludes halogenated alkanes) is 21. The van der Waals surface area contributed by atoms with Gasteiger partial charge in [-0.05, 0) is 70.6 Å². The molecule has 13 nitrogen and oxygen atoms in total. The minimum absolute atomic E-state index is 0.0905. The van der Waals surface area contributed by atoms with Gasteiger partial charge in [0.15, 0.2) is 6.10 Å². The lowest BCUT2D eigenvalue weighted by Crippen LogP contribution is -2.64. The largest absolute Gasteiger partial charge is 0.472 e. The summed E-state index contributed by atoms with van der Waals surface area (Å²) in [6.45, 7) is 3.25. The van der Waals surface area contributed by atoms with Gasteiger partial charge in [0.1, 0.15) is 43.2 Å². The Kier molecular flexibility index (Phi) is 35.0. The Bertz CT molecular complexity index is 1210. The Hall–Kier alpha value is -1.93. The second-order valence-electron chi connectivity index (χ2n) is 16.6. The van der Waals surface area contributed by atoms with Crippen molar-refractivity contribution in [2.24, 2.45) is 0 Å². The molecule has 0 aromatic rings. The number of allylic oxidation sites excluding steroid dienone is 6. The molecule has 0 spiro atoms. The molecule has 6 N–H and O–H groups in total. The Balaban J connectivity index is 2.44. The molecule has 0 aromatic heterocycles. The van der Waals surface area contributed by atoms with E-state index in [1.54, 1.807) is 0 Å². The molecule has 1 fully saturated rings. The van der Waals surface area contributed by atoms with Crippen LogP contribution < -0.4 is 0 Å². The summed E-state index contributed by atoms with van der Waals surface area (Å²) in [6, 6.07) is 0. The highest BCUT2D eigenvalue weighted by molar-refractivity contribution is 7.47. The van der Waals surface area contributed by atoms with E-state index in [-0.39, 0.29) is 12.8 Å². The van der Waals surface area contributed by atoms with E-state index in [0.29, 0.717) is 12.8 Å². The number of carbonyl (C=O) groups is 2. The zero-order valence-corrected chi connectivity index (χ0v) is 38.6. The van der Waals surface area contributed by atoms with E-state index in [4.69, 9.17) is 18.5 Å². The molecule has 6 atom stereocenters. The maximum atomic E-state index is 12.8. The van der Waals surface area contributed by atoms with Crippen LogP contribution in [0.1, 0.15) is 194 Å². The van der Waals surface area contributed by atoms with Gasteiger partial charge in [-0.15, -0.1) is 0 Å². The molecule has 14 heteroatoms. The second-order valence-corrected chi connectivity index (χ2v) is 18.0. The predicted molar refractivity (Wildman–Crippen MR) is 240 cm³/mol. The van der Waals surface area contributed by atoms with Gasteiger partial charge in [0.05, 0.1) is 6.61 Å². The van der Waals surface area contributed by atoms with Gasteiger partial charge in [-0.25, -0.2) is 4.57 Å². The molecule has 0 heterocycles. The zero-order valence-electron chi connectivity index (χ0n) is 37.7. The van der Waals surface area contributed by atoms with Crippen molar-refractivity contribution in [3.05, 3.63) is 36.5 Å². The SMILES string of the molecule is CCCCC/C=C\C/C=C\CCCCCCCCCCCC(=O)OC(COC(=O)CCCCCCC/C=C\CCCCCC)COP(=O)(O)OC1C(O)C(O)C(O)C(O)C1O. The lowest BCUT2D eigenvalue weighted by Gasteiger charge is -2.41. The van der Waals surface area contributed by atoms with E-state index >= 15 is 0 Å². The quantitative estimate of drug-likeness (QED) is 0.0147. The minimum atomic E-state index is -5.12. The van der Waals surface area contributed by atoms with Crippen LogP contribution in [0.15, 0.2) is 36.5 Å². The smallest absolute Gasteiger partial charge is 0.462 e.